The summed E-state index contributed by atoms with van der Waals surface area (Å²) >= 11 is 6.06. The molecule has 0 unspecified atom stereocenters. The summed E-state index contributed by atoms with van der Waals surface area (Å²) in [5, 5.41) is 8.60. The van der Waals surface area contributed by atoms with E-state index >= 15 is 0 Å². The van der Waals surface area contributed by atoms with E-state index in [1.54, 1.807) is 0 Å². The van der Waals surface area contributed by atoms with E-state index in [4.69, 9.17) is 11.6 Å². The molecule has 0 aliphatic rings. The fraction of sp³-hybridized carbons (Fsp3) is 0.438. The highest BCUT2D eigenvalue weighted by Gasteiger charge is 2.06. The second-order valence-electron chi connectivity index (χ2n) is 5.39. The van der Waals surface area contributed by atoms with Crippen LogP contribution in [0.3, 0.4) is 0 Å². The molecule has 1 N–H and O–H groups in total. The Morgan fingerprint density at radius 3 is 2.55 bits per heavy atom. The molecule has 0 atom stereocenters. The van der Waals surface area contributed by atoms with Crippen molar-refractivity contribution in [3.8, 4) is 0 Å². The summed E-state index contributed by atoms with van der Waals surface area (Å²) in [5.74, 6) is 0. The van der Waals surface area contributed by atoms with E-state index in [2.05, 4.69) is 48.5 Å². The molecule has 1 aromatic carbocycles. The van der Waals surface area contributed by atoms with Crippen LogP contribution in [0.25, 0.3) is 0 Å². The maximum Gasteiger partial charge on any atom is 0.0815 e. The van der Waals surface area contributed by atoms with Gasteiger partial charge in [-0.05, 0) is 31.0 Å². The maximum atomic E-state index is 6.06. The van der Waals surface area contributed by atoms with Gasteiger partial charge in [0.25, 0.3) is 0 Å². The monoisotopic (exact) mass is 291 g/mol. The van der Waals surface area contributed by atoms with E-state index in [1.807, 2.05) is 17.8 Å². The minimum absolute atomic E-state index is 0.523. The third kappa shape index (κ3) is 4.09. The minimum Gasteiger partial charge on any atom is -0.314 e. The number of nitrogens with zero attached hydrogens (tertiary/aromatic N) is 2. The van der Waals surface area contributed by atoms with Crippen molar-refractivity contribution >= 4 is 11.6 Å². The number of aromatic nitrogens is 2. The van der Waals surface area contributed by atoms with E-state index in [9.17, 15) is 0 Å². The lowest BCUT2D eigenvalue weighted by Crippen LogP contribution is -2.25. The van der Waals surface area contributed by atoms with Crippen LogP contribution in [-0.4, -0.2) is 22.4 Å². The van der Waals surface area contributed by atoms with Crippen molar-refractivity contribution in [2.45, 2.75) is 39.8 Å². The summed E-state index contributed by atoms with van der Waals surface area (Å²) in [6, 6.07) is 9.04. The van der Waals surface area contributed by atoms with Gasteiger partial charge in [-0.25, -0.2) is 0 Å². The second kappa shape index (κ2) is 6.91. The number of aryl methyl sites for hydroxylation is 1. The van der Waals surface area contributed by atoms with Gasteiger partial charge < -0.3 is 5.32 Å². The quantitative estimate of drug-likeness (QED) is 0.884. The Bertz CT molecular complexity index is 541. The molecule has 4 heteroatoms. The van der Waals surface area contributed by atoms with E-state index in [-0.39, 0.29) is 0 Å². The van der Waals surface area contributed by atoms with Gasteiger partial charge >= 0.3 is 0 Å². The Labute approximate surface area is 126 Å². The topological polar surface area (TPSA) is 29.9 Å². The first-order chi connectivity index (χ1) is 9.56. The predicted molar refractivity (Wildman–Crippen MR) is 84.4 cm³/mol. The molecule has 2 rings (SSSR count). The van der Waals surface area contributed by atoms with Crippen molar-refractivity contribution in [2.75, 3.05) is 6.54 Å². The van der Waals surface area contributed by atoms with Crippen LogP contribution in [0.15, 0.2) is 30.5 Å². The van der Waals surface area contributed by atoms with E-state index in [1.165, 1.54) is 11.1 Å². The predicted octanol–water partition coefficient (Wildman–Crippen LogP) is 3.43. The maximum absolute atomic E-state index is 6.06. The van der Waals surface area contributed by atoms with Crippen LogP contribution >= 0.6 is 11.6 Å². The number of halogens is 1. The van der Waals surface area contributed by atoms with Gasteiger partial charge in [0, 0.05) is 12.2 Å². The molecule has 0 bridgehead atoms. The molecule has 108 valence electrons. The zero-order valence-electron chi connectivity index (χ0n) is 12.4. The zero-order chi connectivity index (χ0) is 14.5. The Balaban J connectivity index is 2.07. The van der Waals surface area contributed by atoms with Crippen LogP contribution < -0.4 is 5.32 Å². The number of rotatable bonds is 6. The molecule has 3 nitrogen and oxygen atoms in total. The second-order valence-corrected chi connectivity index (χ2v) is 5.79. The van der Waals surface area contributed by atoms with Crippen LogP contribution in [0, 0.1) is 6.92 Å². The van der Waals surface area contributed by atoms with Crippen molar-refractivity contribution in [2.24, 2.45) is 0 Å². The van der Waals surface area contributed by atoms with Gasteiger partial charge in [0.05, 0.1) is 17.3 Å². The molecular formula is C16H22ClN3. The molecule has 2 aromatic rings. The Morgan fingerprint density at radius 2 is 1.95 bits per heavy atom. The summed E-state index contributed by atoms with van der Waals surface area (Å²) in [4.78, 5) is 0. The highest BCUT2D eigenvalue weighted by atomic mass is 35.5. The number of benzene rings is 1. The molecule has 0 spiro atoms. The van der Waals surface area contributed by atoms with E-state index < -0.39 is 0 Å². The molecule has 0 aliphatic heterocycles. The molecule has 0 aliphatic carbocycles. The van der Waals surface area contributed by atoms with Crippen molar-refractivity contribution in [1.29, 1.82) is 0 Å². The number of nitrogens with one attached hydrogen (secondary N) is 1. The van der Waals surface area contributed by atoms with Gasteiger partial charge in [-0.1, -0.05) is 49.7 Å². The highest BCUT2D eigenvalue weighted by Crippen LogP contribution is 2.15. The van der Waals surface area contributed by atoms with Crippen molar-refractivity contribution < 1.29 is 0 Å². The first-order valence-corrected chi connectivity index (χ1v) is 7.44. The zero-order valence-corrected chi connectivity index (χ0v) is 13.1. The lowest BCUT2D eigenvalue weighted by atomic mass is 10.0. The van der Waals surface area contributed by atoms with Gasteiger partial charge in [0.1, 0.15) is 0 Å². The SMILES string of the molecule is Cc1nn(Cc2ccccc2CCNC(C)C)cc1Cl. The van der Waals surface area contributed by atoms with Crippen molar-refractivity contribution in [3.63, 3.8) is 0 Å². The molecule has 0 radical (unpaired) electrons. The van der Waals surface area contributed by atoms with Gasteiger partial charge in [-0.3, -0.25) is 4.68 Å². The Morgan fingerprint density at radius 1 is 1.25 bits per heavy atom. The summed E-state index contributed by atoms with van der Waals surface area (Å²) in [6.07, 6.45) is 2.92. The number of hydrogen-bond acceptors (Lipinski definition) is 2. The lowest BCUT2D eigenvalue weighted by Gasteiger charge is -2.12. The first kappa shape index (κ1) is 15.1. The average Bonchev–Trinajstić information content (AvgIpc) is 2.70. The summed E-state index contributed by atoms with van der Waals surface area (Å²) < 4.78 is 1.91. The van der Waals surface area contributed by atoms with Crippen LogP contribution in [-0.2, 0) is 13.0 Å². The van der Waals surface area contributed by atoms with Gasteiger partial charge in [0.15, 0.2) is 0 Å². The summed E-state index contributed by atoms with van der Waals surface area (Å²) in [7, 11) is 0. The molecule has 0 saturated carbocycles. The van der Waals surface area contributed by atoms with Crippen molar-refractivity contribution in [3.05, 3.63) is 52.3 Å². The molecule has 0 saturated heterocycles. The Hall–Kier alpha value is -1.32. The molecule has 20 heavy (non-hydrogen) atoms. The molecular weight excluding hydrogens is 270 g/mol. The standard InChI is InChI=1S/C16H22ClN3/c1-12(2)18-9-8-14-6-4-5-7-15(14)10-20-11-16(17)13(3)19-20/h4-7,11-12,18H,8-10H2,1-3H3. The van der Waals surface area contributed by atoms with E-state index in [0.717, 1.165) is 30.2 Å². The smallest absolute Gasteiger partial charge is 0.0815 e. The lowest BCUT2D eigenvalue weighted by molar-refractivity contribution is 0.587. The van der Waals surface area contributed by atoms with Crippen LogP contribution in [0.4, 0.5) is 0 Å². The van der Waals surface area contributed by atoms with Gasteiger partial charge in [-0.2, -0.15) is 5.10 Å². The molecule has 0 amide bonds. The molecule has 0 fully saturated rings. The number of hydrogen-bond donors (Lipinski definition) is 1. The average molecular weight is 292 g/mol. The van der Waals surface area contributed by atoms with Crippen LogP contribution in [0.2, 0.25) is 5.02 Å². The fourth-order valence-corrected chi connectivity index (χ4v) is 2.35. The first-order valence-electron chi connectivity index (χ1n) is 7.06. The normalized spacial score (nSPS) is 11.2. The van der Waals surface area contributed by atoms with Crippen LogP contribution in [0.1, 0.15) is 30.7 Å². The van der Waals surface area contributed by atoms with E-state index in [0.29, 0.717) is 6.04 Å². The Kier molecular flexibility index (Phi) is 5.21. The highest BCUT2D eigenvalue weighted by molar-refractivity contribution is 6.31. The van der Waals surface area contributed by atoms with Gasteiger partial charge in [-0.15, -0.1) is 0 Å². The fourth-order valence-electron chi connectivity index (χ4n) is 2.20. The van der Waals surface area contributed by atoms with Gasteiger partial charge in [0.2, 0.25) is 0 Å². The van der Waals surface area contributed by atoms with Crippen molar-refractivity contribution in [1.82, 2.24) is 15.1 Å². The minimum atomic E-state index is 0.523. The third-order valence-corrected chi connectivity index (χ3v) is 3.66. The molecule has 1 aromatic heterocycles. The van der Waals surface area contributed by atoms with Crippen LogP contribution in [0.5, 0.6) is 0 Å². The molecule has 1 heterocycles. The summed E-state index contributed by atoms with van der Waals surface area (Å²) in [5.41, 5.74) is 3.55. The summed E-state index contributed by atoms with van der Waals surface area (Å²) in [6.45, 7) is 8.02. The largest absolute Gasteiger partial charge is 0.314 e. The third-order valence-electron chi connectivity index (χ3n) is 3.28.